The lowest BCUT2D eigenvalue weighted by atomic mass is 9.93. The molecule has 166 valence electrons. The molecular formula is C28H33N3O. The van der Waals surface area contributed by atoms with Crippen molar-refractivity contribution >= 4 is 16.5 Å². The smallest absolute Gasteiger partial charge is 0.187 e. The Morgan fingerprint density at radius 2 is 1.88 bits per heavy atom. The molecule has 4 rings (SSSR count). The summed E-state index contributed by atoms with van der Waals surface area (Å²) in [5.74, 6) is 0. The minimum atomic E-state index is -0.419. The van der Waals surface area contributed by atoms with Crippen LogP contribution < -0.4 is 5.32 Å². The van der Waals surface area contributed by atoms with Gasteiger partial charge in [-0.05, 0) is 61.6 Å². The minimum Gasteiger partial charge on any atom is -0.390 e. The monoisotopic (exact) mass is 427 g/mol. The molecule has 1 aliphatic rings. The van der Waals surface area contributed by atoms with Gasteiger partial charge in [-0.1, -0.05) is 66.7 Å². The fraction of sp³-hybridized carbons (Fsp3) is 0.393. The topological polar surface area (TPSA) is 39.9 Å². The molecule has 0 aromatic heterocycles. The number of benzene rings is 3. The van der Waals surface area contributed by atoms with E-state index in [-0.39, 0.29) is 11.6 Å². The zero-order valence-electron chi connectivity index (χ0n) is 19.1. The highest BCUT2D eigenvalue weighted by atomic mass is 16.3. The fourth-order valence-electron chi connectivity index (χ4n) is 4.88. The fourth-order valence-corrected chi connectivity index (χ4v) is 4.88. The third-order valence-electron chi connectivity index (χ3n) is 6.53. The molecule has 0 aliphatic carbocycles. The maximum absolute atomic E-state index is 11.0. The predicted octanol–water partition coefficient (Wildman–Crippen LogP) is 5.33. The Hall–Kier alpha value is -2.71. The number of hydrogen-bond donors (Lipinski definition) is 2. The maximum Gasteiger partial charge on any atom is 0.187 e. The summed E-state index contributed by atoms with van der Waals surface area (Å²) in [5.41, 5.74) is 3.01. The first-order valence-corrected chi connectivity index (χ1v) is 11.5. The predicted molar refractivity (Wildman–Crippen MR) is 132 cm³/mol. The van der Waals surface area contributed by atoms with Crippen LogP contribution in [0.25, 0.3) is 15.6 Å². The van der Waals surface area contributed by atoms with Crippen LogP contribution in [0.4, 0.5) is 5.69 Å². The normalized spacial score (nSPS) is 18.0. The molecule has 1 heterocycles. The van der Waals surface area contributed by atoms with E-state index < -0.39 is 6.10 Å². The van der Waals surface area contributed by atoms with Gasteiger partial charge in [0.25, 0.3) is 0 Å². The molecule has 2 N–H and O–H groups in total. The minimum absolute atomic E-state index is 0.114. The first kappa shape index (κ1) is 22.5. The first-order valence-electron chi connectivity index (χ1n) is 11.5. The van der Waals surface area contributed by atoms with Crippen molar-refractivity contribution in [2.45, 2.75) is 57.3 Å². The van der Waals surface area contributed by atoms with Crippen molar-refractivity contribution < 1.29 is 5.11 Å². The third kappa shape index (κ3) is 5.55. The van der Waals surface area contributed by atoms with Gasteiger partial charge >= 0.3 is 0 Å². The van der Waals surface area contributed by atoms with E-state index in [1.54, 1.807) is 0 Å². The van der Waals surface area contributed by atoms with Gasteiger partial charge in [0, 0.05) is 24.7 Å². The second-order valence-corrected chi connectivity index (χ2v) is 9.65. The van der Waals surface area contributed by atoms with Crippen LogP contribution in [0.5, 0.6) is 0 Å². The molecule has 0 unspecified atom stereocenters. The Balaban J connectivity index is 1.34. The molecule has 0 radical (unpaired) electrons. The van der Waals surface area contributed by atoms with Gasteiger partial charge in [-0.25, -0.2) is 4.85 Å². The van der Waals surface area contributed by atoms with Crippen LogP contribution in [-0.2, 0) is 13.0 Å². The average Bonchev–Trinajstić information content (AvgIpc) is 3.25. The summed E-state index contributed by atoms with van der Waals surface area (Å²) in [6, 6.07) is 23.1. The Bertz CT molecular complexity index is 1100. The van der Waals surface area contributed by atoms with Gasteiger partial charge in [0.15, 0.2) is 5.69 Å². The van der Waals surface area contributed by atoms with Gasteiger partial charge in [0.05, 0.1) is 12.7 Å². The van der Waals surface area contributed by atoms with Crippen LogP contribution in [0.2, 0.25) is 0 Å². The van der Waals surface area contributed by atoms with Crippen molar-refractivity contribution in [3.05, 3.63) is 89.3 Å². The van der Waals surface area contributed by atoms with Gasteiger partial charge in [-0.15, -0.1) is 0 Å². The van der Waals surface area contributed by atoms with Crippen molar-refractivity contribution in [1.29, 1.82) is 0 Å². The van der Waals surface area contributed by atoms with Crippen molar-refractivity contribution in [2.75, 3.05) is 13.1 Å². The summed E-state index contributed by atoms with van der Waals surface area (Å²) in [7, 11) is 0. The number of hydrogen-bond acceptors (Lipinski definition) is 3. The van der Waals surface area contributed by atoms with E-state index in [1.807, 2.05) is 18.2 Å². The van der Waals surface area contributed by atoms with Crippen LogP contribution >= 0.6 is 0 Å². The summed E-state index contributed by atoms with van der Waals surface area (Å²) in [6.07, 6.45) is 2.60. The first-order chi connectivity index (χ1) is 15.4. The average molecular weight is 428 g/mol. The number of β-amino-alcohol motifs (C(OH)–C–C–N with tert-alkyl or cyclic N) is 1. The van der Waals surface area contributed by atoms with Crippen LogP contribution in [0, 0.1) is 6.57 Å². The lowest BCUT2D eigenvalue weighted by Crippen LogP contribution is -2.50. The van der Waals surface area contributed by atoms with Crippen LogP contribution in [0.3, 0.4) is 0 Å². The second-order valence-electron chi connectivity index (χ2n) is 9.65. The summed E-state index contributed by atoms with van der Waals surface area (Å²) < 4.78 is 0. The van der Waals surface area contributed by atoms with Crippen LogP contribution in [0.15, 0.2) is 66.7 Å². The van der Waals surface area contributed by atoms with E-state index in [4.69, 9.17) is 6.57 Å². The molecule has 0 amide bonds. The molecule has 0 bridgehead atoms. The van der Waals surface area contributed by atoms with Gasteiger partial charge in [-0.3, -0.25) is 4.90 Å². The lowest BCUT2D eigenvalue weighted by Gasteiger charge is -2.33. The summed E-state index contributed by atoms with van der Waals surface area (Å²) in [5, 5.41) is 17.2. The molecule has 1 saturated heterocycles. The second kappa shape index (κ2) is 9.83. The van der Waals surface area contributed by atoms with E-state index in [0.29, 0.717) is 12.2 Å². The molecule has 0 saturated carbocycles. The molecule has 0 spiro atoms. The third-order valence-corrected chi connectivity index (χ3v) is 6.53. The molecule has 32 heavy (non-hydrogen) atoms. The number of nitrogens with zero attached hydrogens (tertiary/aromatic N) is 2. The SMILES string of the molecule is [C-]#[N+]c1cccc(CN2CCC[C@@H]2[C@@H](O)CNC(C)(C)Cc2ccc3ccccc3c2)c1. The maximum atomic E-state index is 11.0. The van der Waals surface area contributed by atoms with Gasteiger partial charge < -0.3 is 10.4 Å². The van der Waals surface area contributed by atoms with E-state index in [0.717, 1.165) is 37.9 Å². The molecule has 4 nitrogen and oxygen atoms in total. The Labute approximate surface area is 191 Å². The highest BCUT2D eigenvalue weighted by Gasteiger charge is 2.31. The zero-order valence-corrected chi connectivity index (χ0v) is 19.1. The lowest BCUT2D eigenvalue weighted by molar-refractivity contribution is 0.0633. The van der Waals surface area contributed by atoms with E-state index in [1.165, 1.54) is 16.3 Å². The summed E-state index contributed by atoms with van der Waals surface area (Å²) in [6.45, 7) is 14.0. The number of aliphatic hydroxyl groups excluding tert-OH is 1. The Kier molecular flexibility index (Phi) is 6.91. The van der Waals surface area contributed by atoms with E-state index in [2.05, 4.69) is 77.4 Å². The van der Waals surface area contributed by atoms with Crippen LogP contribution in [-0.4, -0.2) is 40.8 Å². The number of fused-ring (bicyclic) bond motifs is 1. The quantitative estimate of drug-likeness (QED) is 0.478. The molecule has 2 atom stereocenters. The summed E-state index contributed by atoms with van der Waals surface area (Å²) in [4.78, 5) is 5.91. The molecular weight excluding hydrogens is 394 g/mol. The van der Waals surface area contributed by atoms with Crippen LogP contribution in [0.1, 0.15) is 37.8 Å². The molecule has 3 aromatic rings. The Morgan fingerprint density at radius 3 is 2.69 bits per heavy atom. The van der Waals surface area contributed by atoms with Gasteiger partial charge in [0.1, 0.15) is 0 Å². The van der Waals surface area contributed by atoms with Crippen molar-refractivity contribution in [2.24, 2.45) is 0 Å². The highest BCUT2D eigenvalue weighted by Crippen LogP contribution is 2.25. The zero-order chi connectivity index (χ0) is 22.6. The van der Waals surface area contributed by atoms with Gasteiger partial charge in [-0.2, -0.15) is 0 Å². The molecule has 4 heteroatoms. The van der Waals surface area contributed by atoms with Gasteiger partial charge in [0.2, 0.25) is 0 Å². The standard InChI is InChI=1S/C28H33N3O/c1-28(2,18-21-13-14-23-9-4-5-10-24(23)16-21)30-19-27(32)26-12-7-15-31(26)20-22-8-6-11-25(17-22)29-3/h4-6,8-11,13-14,16-17,26-27,30,32H,7,12,15,18-20H2,1-2H3/t26-,27+/m1/s1. The van der Waals surface area contributed by atoms with E-state index >= 15 is 0 Å². The van der Waals surface area contributed by atoms with Crippen molar-refractivity contribution in [3.8, 4) is 0 Å². The number of rotatable bonds is 8. The number of likely N-dealkylation sites (tertiary alicyclic amines) is 1. The number of nitrogens with one attached hydrogen (secondary N) is 1. The van der Waals surface area contributed by atoms with Crippen molar-refractivity contribution in [3.63, 3.8) is 0 Å². The molecule has 1 aliphatic heterocycles. The van der Waals surface area contributed by atoms with E-state index in [9.17, 15) is 5.11 Å². The number of aliphatic hydroxyl groups is 1. The summed E-state index contributed by atoms with van der Waals surface area (Å²) >= 11 is 0. The highest BCUT2D eigenvalue weighted by molar-refractivity contribution is 5.83. The van der Waals surface area contributed by atoms with Crippen molar-refractivity contribution in [1.82, 2.24) is 10.2 Å². The molecule has 1 fully saturated rings. The largest absolute Gasteiger partial charge is 0.390 e. The Morgan fingerprint density at radius 1 is 1.06 bits per heavy atom. The molecule has 3 aromatic carbocycles.